The first-order chi connectivity index (χ1) is 26.7. The largest absolute Gasteiger partial charge is 0.478 e. The van der Waals surface area contributed by atoms with Gasteiger partial charge in [-0.15, -0.1) is 0 Å². The van der Waals surface area contributed by atoms with Crippen molar-refractivity contribution in [1.29, 1.82) is 0 Å². The highest BCUT2D eigenvalue weighted by Gasteiger charge is 2.49. The van der Waals surface area contributed by atoms with Crippen molar-refractivity contribution >= 4 is 17.8 Å². The molecule has 3 N–H and O–H groups in total. The number of H-pyrrole nitrogens is 1. The Kier molecular flexibility index (Phi) is 10.4. The molecule has 7 rings (SSSR count). The predicted molar refractivity (Wildman–Crippen MR) is 200 cm³/mol. The van der Waals surface area contributed by atoms with Gasteiger partial charge in [-0.3, -0.25) is 14.4 Å². The first-order valence-corrected chi connectivity index (χ1v) is 18.2. The van der Waals surface area contributed by atoms with Gasteiger partial charge in [0.15, 0.2) is 6.10 Å². The van der Waals surface area contributed by atoms with Crippen LogP contribution in [0.5, 0.6) is 0 Å². The summed E-state index contributed by atoms with van der Waals surface area (Å²) in [6, 6.07) is 26.3. The topological polar surface area (TPSA) is 144 Å². The second kappa shape index (κ2) is 15.2. The summed E-state index contributed by atoms with van der Waals surface area (Å²) in [6.07, 6.45) is -3.88. The van der Waals surface area contributed by atoms with Crippen molar-refractivity contribution < 1.29 is 37.8 Å². The molecule has 2 heterocycles. The number of aromatic amines is 1. The van der Waals surface area contributed by atoms with Crippen molar-refractivity contribution in [2.24, 2.45) is 0 Å². The minimum Gasteiger partial charge on any atom is -0.478 e. The molecular formula is C43H39F3N4O6. The van der Waals surface area contributed by atoms with Crippen LogP contribution in [0.2, 0.25) is 0 Å². The Morgan fingerprint density at radius 2 is 1.62 bits per heavy atom. The first kappa shape index (κ1) is 38.2. The zero-order chi connectivity index (χ0) is 39.8. The zero-order valence-corrected chi connectivity index (χ0v) is 30.5. The number of carboxylic acids is 1. The maximum absolute atomic E-state index is 13.6. The summed E-state index contributed by atoms with van der Waals surface area (Å²) in [6.45, 7) is 0.468. The number of carbonyl (C=O) groups excluding carboxylic acids is 2. The second-order valence-electron chi connectivity index (χ2n) is 14.5. The van der Waals surface area contributed by atoms with E-state index < -0.39 is 40.7 Å². The number of hydrogen-bond acceptors (Lipinski definition) is 6. The molecule has 0 spiro atoms. The van der Waals surface area contributed by atoms with Crippen molar-refractivity contribution in [3.8, 4) is 11.1 Å². The van der Waals surface area contributed by atoms with Crippen LogP contribution in [0.3, 0.4) is 0 Å². The fourth-order valence-corrected chi connectivity index (χ4v) is 7.26. The van der Waals surface area contributed by atoms with E-state index in [1.165, 1.54) is 23.1 Å². The van der Waals surface area contributed by atoms with Gasteiger partial charge in [0.1, 0.15) is 5.82 Å². The molecule has 1 fully saturated rings. The Labute approximate surface area is 320 Å². The Morgan fingerprint density at radius 1 is 0.929 bits per heavy atom. The maximum Gasteiger partial charge on any atom is 0.416 e. The number of hydrogen-bond donors (Lipinski definition) is 3. The maximum atomic E-state index is 13.6. The third kappa shape index (κ3) is 7.99. The average Bonchev–Trinajstić information content (AvgIpc) is 4.03. The van der Waals surface area contributed by atoms with Crippen LogP contribution in [0.15, 0.2) is 102 Å². The number of nitrogens with one attached hydrogen (secondary N) is 1. The van der Waals surface area contributed by atoms with Crippen LogP contribution in [0.1, 0.15) is 80.6 Å². The minimum atomic E-state index is -4.63. The Balaban J connectivity index is 1.03. The first-order valence-electron chi connectivity index (χ1n) is 18.2. The molecule has 2 aliphatic rings. The van der Waals surface area contributed by atoms with Crippen LogP contribution in [0, 0.1) is 0 Å². The van der Waals surface area contributed by atoms with Gasteiger partial charge in [0, 0.05) is 20.1 Å². The Bertz CT molecular complexity index is 2350. The number of aliphatic hydroxyl groups is 1. The number of fused-ring (bicyclic) bond motifs is 1. The molecule has 13 heteroatoms. The summed E-state index contributed by atoms with van der Waals surface area (Å²) in [5, 5.41) is 19.9. The lowest BCUT2D eigenvalue weighted by Gasteiger charge is -2.24. The van der Waals surface area contributed by atoms with Crippen LogP contribution < -0.4 is 5.56 Å². The molecule has 0 radical (unpaired) electrons. The molecule has 5 aromatic rings. The number of aryl methyl sites for hydroxylation is 1. The van der Waals surface area contributed by atoms with E-state index in [1.54, 1.807) is 24.1 Å². The highest BCUT2D eigenvalue weighted by Crippen LogP contribution is 2.52. The number of carboxylic acid groups (broad SMARTS) is 1. The van der Waals surface area contributed by atoms with Crippen LogP contribution in [-0.4, -0.2) is 61.4 Å². The summed E-state index contributed by atoms with van der Waals surface area (Å²) in [5.74, 6) is -1.35. The molecule has 56 heavy (non-hydrogen) atoms. The number of alkyl halides is 3. The molecule has 0 unspecified atom stereocenters. The number of aromatic nitrogens is 2. The molecule has 0 bridgehead atoms. The van der Waals surface area contributed by atoms with E-state index in [2.05, 4.69) is 11.1 Å². The van der Waals surface area contributed by atoms with Gasteiger partial charge >= 0.3 is 12.1 Å². The molecular weight excluding hydrogens is 725 g/mol. The van der Waals surface area contributed by atoms with E-state index in [0.717, 1.165) is 58.9 Å². The Morgan fingerprint density at radius 3 is 2.30 bits per heavy atom. The molecule has 0 saturated heterocycles. The number of aromatic carboxylic acids is 1. The molecule has 10 nitrogen and oxygen atoms in total. The van der Waals surface area contributed by atoms with Crippen molar-refractivity contribution in [2.45, 2.75) is 62.9 Å². The van der Waals surface area contributed by atoms with E-state index in [1.807, 2.05) is 42.5 Å². The van der Waals surface area contributed by atoms with Gasteiger partial charge in [0.2, 0.25) is 5.91 Å². The molecule has 2 amide bonds. The molecule has 1 aromatic heterocycles. The normalized spacial score (nSPS) is 15.3. The predicted octanol–water partition coefficient (Wildman–Crippen LogP) is 6.44. The average molecular weight is 765 g/mol. The Hall–Kier alpha value is -6.08. The monoisotopic (exact) mass is 764 g/mol. The second-order valence-corrected chi connectivity index (χ2v) is 14.5. The highest BCUT2D eigenvalue weighted by molar-refractivity contribution is 5.88. The number of carbonyl (C=O) groups is 3. The van der Waals surface area contributed by atoms with Gasteiger partial charge in [0.05, 0.1) is 40.8 Å². The van der Waals surface area contributed by atoms with Crippen molar-refractivity contribution in [3.63, 3.8) is 0 Å². The van der Waals surface area contributed by atoms with Gasteiger partial charge in [-0.25, -0.2) is 9.78 Å². The van der Waals surface area contributed by atoms with Crippen molar-refractivity contribution in [3.05, 3.63) is 158 Å². The molecule has 1 aliphatic heterocycles. The smallest absolute Gasteiger partial charge is 0.416 e. The summed E-state index contributed by atoms with van der Waals surface area (Å²) < 4.78 is 39.8. The number of rotatable bonds is 10. The van der Waals surface area contributed by atoms with Gasteiger partial charge in [-0.05, 0) is 83.3 Å². The third-order valence-electron chi connectivity index (χ3n) is 10.7. The lowest BCUT2D eigenvalue weighted by molar-refractivity contribution is -0.142. The van der Waals surface area contributed by atoms with Gasteiger partial charge < -0.3 is 25.0 Å². The fraction of sp³-hybridized carbons (Fsp3) is 0.279. The van der Waals surface area contributed by atoms with Crippen molar-refractivity contribution in [2.75, 3.05) is 13.6 Å². The van der Waals surface area contributed by atoms with Crippen LogP contribution >= 0.6 is 0 Å². The molecule has 1 saturated carbocycles. The number of likely N-dealkylation sites (N-methyl/N-ethyl adjacent to an activating group) is 1. The lowest BCUT2D eigenvalue weighted by atomic mass is 9.91. The van der Waals surface area contributed by atoms with Crippen LogP contribution in [0.4, 0.5) is 13.2 Å². The zero-order valence-electron chi connectivity index (χ0n) is 30.5. The fourth-order valence-electron chi connectivity index (χ4n) is 7.26. The molecule has 1 aliphatic carbocycles. The van der Waals surface area contributed by atoms with Gasteiger partial charge in [-0.1, -0.05) is 72.8 Å². The van der Waals surface area contributed by atoms with E-state index in [0.29, 0.717) is 36.5 Å². The SMILES string of the molecule is CN(Cc1ccc(-c2cccc(C3(c4nc5c(c(=O)[nH]4)CN(C(=O)[C@H](O)c4cccc(C(F)(F)F)c4)CCC5)CC3)c2)cc1)C(=O)Cc1ccc(C(=O)O)cc1. The summed E-state index contributed by atoms with van der Waals surface area (Å²) >= 11 is 0. The number of benzene rings is 4. The lowest BCUT2D eigenvalue weighted by Crippen LogP contribution is -2.36. The van der Waals surface area contributed by atoms with Crippen LogP contribution in [-0.2, 0) is 47.1 Å². The van der Waals surface area contributed by atoms with E-state index in [9.17, 15) is 37.5 Å². The van der Waals surface area contributed by atoms with E-state index in [4.69, 9.17) is 10.1 Å². The third-order valence-corrected chi connectivity index (χ3v) is 10.7. The van der Waals surface area contributed by atoms with Crippen molar-refractivity contribution in [1.82, 2.24) is 19.8 Å². The van der Waals surface area contributed by atoms with E-state index >= 15 is 0 Å². The summed E-state index contributed by atoms with van der Waals surface area (Å²) in [4.78, 5) is 61.8. The van der Waals surface area contributed by atoms with E-state index in [-0.39, 0.29) is 36.5 Å². The molecule has 1 atom stereocenters. The number of nitrogens with zero attached hydrogens (tertiary/aromatic N) is 3. The quantitative estimate of drug-likeness (QED) is 0.149. The summed E-state index contributed by atoms with van der Waals surface area (Å²) in [7, 11) is 1.73. The van der Waals surface area contributed by atoms with Gasteiger partial charge in [-0.2, -0.15) is 13.2 Å². The van der Waals surface area contributed by atoms with Crippen LogP contribution in [0.25, 0.3) is 11.1 Å². The van der Waals surface area contributed by atoms with Gasteiger partial charge in [0.25, 0.3) is 11.5 Å². The number of aliphatic hydroxyl groups excluding tert-OH is 1. The summed E-state index contributed by atoms with van der Waals surface area (Å²) in [5.41, 5.74) is 3.60. The minimum absolute atomic E-state index is 0.0947. The number of halogens is 3. The standard InChI is InChI=1S/C43H39F3N4O6/c1-49(36(51)21-26-10-16-29(17-11-26)40(55)56)24-27-12-14-28(15-13-27)30-5-2-7-32(22-30)42(18-19-42)41-47-35-9-4-20-50(25-34(35)38(53)48-41)39(54)37(52)31-6-3-8-33(23-31)43(44,45)46/h2-3,5-8,10-17,22-23,37,52H,4,9,18-21,24-25H2,1H3,(H,55,56)(H,47,48,53)/t37-/m1/s1. The highest BCUT2D eigenvalue weighted by atomic mass is 19.4. The molecule has 4 aromatic carbocycles. The molecule has 288 valence electrons. The number of amides is 2.